The first-order valence-electron chi connectivity index (χ1n) is 7.19. The van der Waals surface area contributed by atoms with Gasteiger partial charge in [-0.1, -0.05) is 26.7 Å². The number of nitrogens with one attached hydrogen (secondary N) is 1. The van der Waals surface area contributed by atoms with Crippen LogP contribution in [-0.2, 0) is 0 Å². The Labute approximate surface area is 115 Å². The molecule has 1 aromatic rings. The number of hydrogen-bond acceptors (Lipinski definition) is 3. The second kappa shape index (κ2) is 5.70. The van der Waals surface area contributed by atoms with Crippen molar-refractivity contribution in [2.45, 2.75) is 66.0 Å². The molecular weight excluding hydrogens is 240 g/mol. The number of aromatic nitrogens is 1. The molecular formula is C15H26N2S. The van der Waals surface area contributed by atoms with Gasteiger partial charge in [-0.25, -0.2) is 4.98 Å². The fraction of sp³-hybridized carbons (Fsp3) is 0.800. The standard InChI is InChI=1S/C15H26N2S/c1-9-7-6-8-14(10(9)2)16-11(3)15-12(4)18-13(5)17-15/h9-11,14,16H,6-8H2,1-5H3. The summed E-state index contributed by atoms with van der Waals surface area (Å²) in [4.78, 5) is 6.04. The highest BCUT2D eigenvalue weighted by atomic mass is 32.1. The number of thiazole rings is 1. The molecule has 2 nitrogen and oxygen atoms in total. The SMILES string of the molecule is Cc1nc(C(C)NC2CCCC(C)C2C)c(C)s1. The van der Waals surface area contributed by atoms with E-state index in [2.05, 4.69) is 44.9 Å². The molecule has 1 aliphatic carbocycles. The maximum absolute atomic E-state index is 4.68. The van der Waals surface area contributed by atoms with Crippen LogP contribution in [0.3, 0.4) is 0 Å². The first kappa shape index (κ1) is 14.0. The number of rotatable bonds is 3. The molecule has 0 saturated heterocycles. The lowest BCUT2D eigenvalue weighted by molar-refractivity contribution is 0.195. The first-order chi connectivity index (χ1) is 8.49. The highest BCUT2D eigenvalue weighted by Crippen LogP contribution is 2.31. The van der Waals surface area contributed by atoms with Crippen LogP contribution in [0.1, 0.15) is 61.7 Å². The zero-order valence-corrected chi connectivity index (χ0v) is 13.1. The Morgan fingerprint density at radius 3 is 2.61 bits per heavy atom. The Hall–Kier alpha value is -0.410. The second-order valence-electron chi connectivity index (χ2n) is 5.94. The monoisotopic (exact) mass is 266 g/mol. The summed E-state index contributed by atoms with van der Waals surface area (Å²) in [5.74, 6) is 1.63. The van der Waals surface area contributed by atoms with E-state index in [-0.39, 0.29) is 0 Å². The van der Waals surface area contributed by atoms with Gasteiger partial charge in [-0.15, -0.1) is 11.3 Å². The molecule has 2 rings (SSSR count). The minimum Gasteiger partial charge on any atom is -0.306 e. The number of aryl methyl sites for hydroxylation is 2. The molecule has 1 saturated carbocycles. The van der Waals surface area contributed by atoms with E-state index in [0.29, 0.717) is 12.1 Å². The summed E-state index contributed by atoms with van der Waals surface area (Å²) in [6.45, 7) is 11.3. The zero-order valence-electron chi connectivity index (χ0n) is 12.3. The van der Waals surface area contributed by atoms with E-state index >= 15 is 0 Å². The molecule has 0 aromatic carbocycles. The molecule has 0 bridgehead atoms. The Morgan fingerprint density at radius 2 is 2.00 bits per heavy atom. The molecule has 3 heteroatoms. The van der Waals surface area contributed by atoms with Gasteiger partial charge in [-0.05, 0) is 39.0 Å². The van der Waals surface area contributed by atoms with E-state index in [9.17, 15) is 0 Å². The summed E-state index contributed by atoms with van der Waals surface area (Å²) in [6.07, 6.45) is 4.07. The zero-order chi connectivity index (χ0) is 13.3. The maximum atomic E-state index is 4.68. The van der Waals surface area contributed by atoms with E-state index in [1.54, 1.807) is 0 Å². The van der Waals surface area contributed by atoms with E-state index in [0.717, 1.165) is 11.8 Å². The van der Waals surface area contributed by atoms with Gasteiger partial charge >= 0.3 is 0 Å². The van der Waals surface area contributed by atoms with Gasteiger partial charge < -0.3 is 5.32 Å². The summed E-state index contributed by atoms with van der Waals surface area (Å²) in [5.41, 5.74) is 1.25. The summed E-state index contributed by atoms with van der Waals surface area (Å²) in [7, 11) is 0. The van der Waals surface area contributed by atoms with Crippen molar-refractivity contribution >= 4 is 11.3 Å². The van der Waals surface area contributed by atoms with Gasteiger partial charge in [0.05, 0.1) is 10.7 Å². The van der Waals surface area contributed by atoms with Gasteiger partial charge in [0, 0.05) is 17.0 Å². The van der Waals surface area contributed by atoms with Crippen molar-refractivity contribution in [3.8, 4) is 0 Å². The fourth-order valence-electron chi connectivity index (χ4n) is 3.16. The molecule has 4 atom stereocenters. The predicted molar refractivity (Wildman–Crippen MR) is 79.1 cm³/mol. The van der Waals surface area contributed by atoms with Crippen molar-refractivity contribution in [2.24, 2.45) is 11.8 Å². The van der Waals surface area contributed by atoms with Crippen LogP contribution in [0.2, 0.25) is 0 Å². The first-order valence-corrected chi connectivity index (χ1v) is 8.00. The molecule has 1 aromatic heterocycles. The Bertz CT molecular complexity index is 399. The van der Waals surface area contributed by atoms with Gasteiger partial charge in [0.25, 0.3) is 0 Å². The van der Waals surface area contributed by atoms with Gasteiger partial charge in [-0.2, -0.15) is 0 Å². The summed E-state index contributed by atoms with van der Waals surface area (Å²) in [5, 5.41) is 5.00. The van der Waals surface area contributed by atoms with Crippen molar-refractivity contribution in [1.82, 2.24) is 10.3 Å². The van der Waals surface area contributed by atoms with Crippen LogP contribution in [0.25, 0.3) is 0 Å². The lowest BCUT2D eigenvalue weighted by Gasteiger charge is -2.36. The number of hydrogen-bond donors (Lipinski definition) is 1. The van der Waals surface area contributed by atoms with Crippen molar-refractivity contribution in [3.05, 3.63) is 15.6 Å². The molecule has 1 heterocycles. The van der Waals surface area contributed by atoms with Crippen LogP contribution < -0.4 is 5.32 Å². The smallest absolute Gasteiger partial charge is 0.0900 e. The van der Waals surface area contributed by atoms with Gasteiger partial charge in [0.1, 0.15) is 0 Å². The van der Waals surface area contributed by atoms with Crippen LogP contribution in [0.5, 0.6) is 0 Å². The average Bonchev–Trinajstić information content (AvgIpc) is 2.64. The van der Waals surface area contributed by atoms with Crippen molar-refractivity contribution in [1.29, 1.82) is 0 Å². The summed E-state index contributed by atoms with van der Waals surface area (Å²) >= 11 is 1.81. The molecule has 18 heavy (non-hydrogen) atoms. The molecule has 1 aliphatic rings. The molecule has 102 valence electrons. The largest absolute Gasteiger partial charge is 0.306 e. The van der Waals surface area contributed by atoms with Gasteiger partial charge in [0.2, 0.25) is 0 Å². The van der Waals surface area contributed by atoms with Crippen LogP contribution in [0, 0.1) is 25.7 Å². The van der Waals surface area contributed by atoms with E-state index in [1.165, 1.54) is 34.8 Å². The molecule has 0 spiro atoms. The molecule has 1 fully saturated rings. The van der Waals surface area contributed by atoms with E-state index < -0.39 is 0 Å². The Kier molecular flexibility index (Phi) is 4.44. The van der Waals surface area contributed by atoms with Crippen LogP contribution in [0.15, 0.2) is 0 Å². The fourth-order valence-corrected chi connectivity index (χ4v) is 4.08. The van der Waals surface area contributed by atoms with E-state index in [1.807, 2.05) is 11.3 Å². The molecule has 4 unspecified atom stereocenters. The highest BCUT2D eigenvalue weighted by Gasteiger charge is 2.28. The van der Waals surface area contributed by atoms with E-state index in [4.69, 9.17) is 0 Å². The van der Waals surface area contributed by atoms with Crippen molar-refractivity contribution < 1.29 is 0 Å². The Morgan fingerprint density at radius 1 is 1.28 bits per heavy atom. The minimum absolute atomic E-state index is 0.382. The lowest BCUT2D eigenvalue weighted by atomic mass is 9.78. The third kappa shape index (κ3) is 2.94. The highest BCUT2D eigenvalue weighted by molar-refractivity contribution is 7.11. The third-order valence-corrected chi connectivity index (χ3v) is 5.42. The van der Waals surface area contributed by atoms with Gasteiger partial charge in [-0.3, -0.25) is 0 Å². The normalized spacial score (nSPS) is 30.4. The third-order valence-electron chi connectivity index (χ3n) is 4.52. The summed E-state index contributed by atoms with van der Waals surface area (Å²) in [6, 6.07) is 1.04. The van der Waals surface area contributed by atoms with Crippen LogP contribution in [0.4, 0.5) is 0 Å². The summed E-state index contributed by atoms with van der Waals surface area (Å²) < 4.78 is 0. The Balaban J connectivity index is 2.02. The van der Waals surface area contributed by atoms with Crippen LogP contribution >= 0.6 is 11.3 Å². The molecule has 0 amide bonds. The topological polar surface area (TPSA) is 24.9 Å². The molecule has 0 radical (unpaired) electrons. The molecule has 1 N–H and O–H groups in total. The number of nitrogens with zero attached hydrogens (tertiary/aromatic N) is 1. The van der Waals surface area contributed by atoms with Crippen molar-refractivity contribution in [2.75, 3.05) is 0 Å². The lowest BCUT2D eigenvalue weighted by Crippen LogP contribution is -2.41. The quantitative estimate of drug-likeness (QED) is 0.885. The average molecular weight is 266 g/mol. The molecule has 0 aliphatic heterocycles. The second-order valence-corrected chi connectivity index (χ2v) is 7.34. The predicted octanol–water partition coefficient (Wildman–Crippen LogP) is 4.24. The maximum Gasteiger partial charge on any atom is 0.0900 e. The van der Waals surface area contributed by atoms with Gasteiger partial charge in [0.15, 0.2) is 0 Å². The minimum atomic E-state index is 0.382. The van der Waals surface area contributed by atoms with Crippen molar-refractivity contribution in [3.63, 3.8) is 0 Å². The van der Waals surface area contributed by atoms with Crippen LogP contribution in [-0.4, -0.2) is 11.0 Å².